The summed E-state index contributed by atoms with van der Waals surface area (Å²) in [6.45, 7) is 4.19. The predicted molar refractivity (Wildman–Crippen MR) is 126 cm³/mol. The van der Waals surface area contributed by atoms with Crippen molar-refractivity contribution in [2.45, 2.75) is 23.6 Å². The van der Waals surface area contributed by atoms with Crippen LogP contribution < -0.4 is 4.31 Å². The first kappa shape index (κ1) is 23.3. The molecule has 0 unspecified atom stereocenters. The molecule has 0 aliphatic heterocycles. The summed E-state index contributed by atoms with van der Waals surface area (Å²) in [6.07, 6.45) is 1.16. The van der Waals surface area contributed by atoms with Gasteiger partial charge in [-0.15, -0.1) is 0 Å². The van der Waals surface area contributed by atoms with Crippen LogP contribution in [0.25, 0.3) is 11.1 Å². The molecule has 0 atom stereocenters. The van der Waals surface area contributed by atoms with E-state index in [1.807, 2.05) is 13.8 Å². The number of halogens is 1. The Labute approximate surface area is 189 Å². The van der Waals surface area contributed by atoms with Gasteiger partial charge in [-0.25, -0.2) is 16.8 Å². The molecule has 0 spiro atoms. The fraction of sp³-hybridized carbons (Fsp3) is 0.217. The zero-order valence-corrected chi connectivity index (χ0v) is 19.9. The smallest absolute Gasteiger partial charge is 0.264 e. The van der Waals surface area contributed by atoms with Gasteiger partial charge in [-0.05, 0) is 53.4 Å². The second-order valence-corrected chi connectivity index (χ2v) is 12.0. The molecule has 3 rings (SSSR count). The molecule has 0 amide bonds. The SMILES string of the molecule is CC(C)CN(c1ccccc1Cl)S(=O)(=O)c1ccc(-c2ccc(S(C)(=O)=O)cc2)cc1. The Hall–Kier alpha value is -2.35. The van der Waals surface area contributed by atoms with Crippen molar-refractivity contribution in [2.24, 2.45) is 5.92 Å². The van der Waals surface area contributed by atoms with E-state index in [2.05, 4.69) is 0 Å². The van der Waals surface area contributed by atoms with Gasteiger partial charge in [-0.2, -0.15) is 0 Å². The third-order valence-electron chi connectivity index (χ3n) is 4.71. The number of sulfonamides is 1. The number of anilines is 1. The van der Waals surface area contributed by atoms with Crippen molar-refractivity contribution in [1.29, 1.82) is 0 Å². The van der Waals surface area contributed by atoms with Gasteiger partial charge in [0.25, 0.3) is 10.0 Å². The molecule has 0 aliphatic carbocycles. The largest absolute Gasteiger partial charge is 0.265 e. The van der Waals surface area contributed by atoms with E-state index in [0.29, 0.717) is 17.3 Å². The molecule has 8 heteroatoms. The van der Waals surface area contributed by atoms with Crippen LogP contribution in [0.1, 0.15) is 13.8 Å². The van der Waals surface area contributed by atoms with Crippen LogP contribution in [0.15, 0.2) is 82.6 Å². The first-order valence-corrected chi connectivity index (χ1v) is 13.4. The maximum atomic E-state index is 13.4. The molecule has 0 N–H and O–H groups in total. The van der Waals surface area contributed by atoms with Crippen LogP contribution in [0, 0.1) is 5.92 Å². The Bertz CT molecular complexity index is 1270. The van der Waals surface area contributed by atoms with E-state index in [1.165, 1.54) is 16.4 Å². The Balaban J connectivity index is 1.96. The molecule has 31 heavy (non-hydrogen) atoms. The van der Waals surface area contributed by atoms with E-state index < -0.39 is 19.9 Å². The minimum absolute atomic E-state index is 0.0960. The molecule has 3 aromatic carbocycles. The summed E-state index contributed by atoms with van der Waals surface area (Å²) >= 11 is 6.30. The van der Waals surface area contributed by atoms with Crippen molar-refractivity contribution in [2.75, 3.05) is 17.1 Å². The van der Waals surface area contributed by atoms with Crippen LogP contribution in [0.3, 0.4) is 0 Å². The zero-order chi connectivity index (χ0) is 22.8. The van der Waals surface area contributed by atoms with Gasteiger partial charge in [-0.1, -0.05) is 61.8 Å². The van der Waals surface area contributed by atoms with Gasteiger partial charge in [0.05, 0.1) is 20.5 Å². The Morgan fingerprint density at radius 1 is 0.774 bits per heavy atom. The molecule has 0 saturated heterocycles. The number of sulfone groups is 1. The van der Waals surface area contributed by atoms with Crippen molar-refractivity contribution >= 4 is 37.1 Å². The number of hydrogen-bond acceptors (Lipinski definition) is 4. The summed E-state index contributed by atoms with van der Waals surface area (Å²) < 4.78 is 51.5. The molecule has 0 saturated carbocycles. The normalized spacial score (nSPS) is 12.2. The first-order valence-electron chi connectivity index (χ1n) is 9.68. The van der Waals surface area contributed by atoms with E-state index in [0.717, 1.165) is 17.4 Å². The molecule has 0 aliphatic rings. The second kappa shape index (κ2) is 9.02. The van der Waals surface area contributed by atoms with E-state index in [4.69, 9.17) is 11.6 Å². The minimum Gasteiger partial charge on any atom is -0.265 e. The molecule has 0 fully saturated rings. The van der Waals surface area contributed by atoms with Crippen LogP contribution >= 0.6 is 11.6 Å². The number of benzene rings is 3. The quantitative estimate of drug-likeness (QED) is 0.465. The topological polar surface area (TPSA) is 71.5 Å². The highest BCUT2D eigenvalue weighted by molar-refractivity contribution is 7.92. The maximum Gasteiger partial charge on any atom is 0.264 e. The van der Waals surface area contributed by atoms with Gasteiger partial charge >= 0.3 is 0 Å². The van der Waals surface area contributed by atoms with Gasteiger partial charge in [0.1, 0.15) is 0 Å². The van der Waals surface area contributed by atoms with E-state index >= 15 is 0 Å². The number of para-hydroxylation sites is 1. The second-order valence-electron chi connectivity index (χ2n) is 7.70. The summed E-state index contributed by atoms with van der Waals surface area (Å²) in [5.74, 6) is 0.0960. The minimum atomic E-state index is -3.83. The standard InChI is InChI=1S/C23H24ClNO4S2/c1-17(2)16-25(23-7-5-4-6-22(23)24)31(28,29)21-14-10-19(11-15-21)18-8-12-20(13-9-18)30(3,26)27/h4-15,17H,16H2,1-3H3. The average molecular weight is 478 g/mol. The molecule has 0 bridgehead atoms. The van der Waals surface area contributed by atoms with E-state index in [9.17, 15) is 16.8 Å². The number of nitrogens with zero attached hydrogens (tertiary/aromatic N) is 1. The van der Waals surface area contributed by atoms with Crippen molar-refractivity contribution in [1.82, 2.24) is 0 Å². The lowest BCUT2D eigenvalue weighted by Crippen LogP contribution is -2.34. The lowest BCUT2D eigenvalue weighted by Gasteiger charge is -2.27. The summed E-state index contributed by atoms with van der Waals surface area (Å²) in [4.78, 5) is 0.393. The van der Waals surface area contributed by atoms with E-state index in [1.54, 1.807) is 60.7 Å². The molecular weight excluding hydrogens is 454 g/mol. The maximum absolute atomic E-state index is 13.4. The summed E-state index contributed by atoms with van der Waals surface area (Å²) in [5.41, 5.74) is 2.02. The molecule has 164 valence electrons. The van der Waals surface area contributed by atoms with Gasteiger partial charge in [0.2, 0.25) is 0 Å². The van der Waals surface area contributed by atoms with Crippen LogP contribution in [0.2, 0.25) is 5.02 Å². The average Bonchev–Trinajstić information content (AvgIpc) is 2.72. The van der Waals surface area contributed by atoms with Crippen LogP contribution in [-0.2, 0) is 19.9 Å². The van der Waals surface area contributed by atoms with Crippen molar-refractivity contribution in [3.05, 3.63) is 77.8 Å². The first-order chi connectivity index (χ1) is 14.5. The van der Waals surface area contributed by atoms with Crippen molar-refractivity contribution in [3.8, 4) is 11.1 Å². The highest BCUT2D eigenvalue weighted by Gasteiger charge is 2.27. The van der Waals surface area contributed by atoms with E-state index in [-0.39, 0.29) is 15.7 Å². The zero-order valence-electron chi connectivity index (χ0n) is 17.5. The lowest BCUT2D eigenvalue weighted by molar-refractivity contribution is 0.578. The number of rotatable bonds is 7. The van der Waals surface area contributed by atoms with Crippen LogP contribution in [-0.4, -0.2) is 29.6 Å². The van der Waals surface area contributed by atoms with Gasteiger partial charge in [0, 0.05) is 12.8 Å². The molecular formula is C23H24ClNO4S2. The summed E-state index contributed by atoms with van der Waals surface area (Å²) in [6, 6.07) is 19.9. The number of hydrogen-bond donors (Lipinski definition) is 0. The fourth-order valence-electron chi connectivity index (χ4n) is 3.15. The third kappa shape index (κ3) is 5.29. The summed E-state index contributed by atoms with van der Waals surface area (Å²) in [5, 5.41) is 0.370. The Morgan fingerprint density at radius 2 is 1.26 bits per heavy atom. The monoisotopic (exact) mass is 477 g/mol. The highest BCUT2D eigenvalue weighted by atomic mass is 35.5. The summed E-state index contributed by atoms with van der Waals surface area (Å²) in [7, 11) is -7.10. The lowest BCUT2D eigenvalue weighted by atomic mass is 10.1. The van der Waals surface area contributed by atoms with Gasteiger partial charge < -0.3 is 0 Å². The highest BCUT2D eigenvalue weighted by Crippen LogP contribution is 2.32. The van der Waals surface area contributed by atoms with Crippen LogP contribution in [0.5, 0.6) is 0 Å². The Morgan fingerprint density at radius 3 is 1.71 bits per heavy atom. The van der Waals surface area contributed by atoms with Crippen molar-refractivity contribution in [3.63, 3.8) is 0 Å². The molecule has 0 radical (unpaired) electrons. The van der Waals surface area contributed by atoms with Gasteiger partial charge in [-0.3, -0.25) is 4.31 Å². The Kier molecular flexibility index (Phi) is 6.79. The van der Waals surface area contributed by atoms with Gasteiger partial charge in [0.15, 0.2) is 9.84 Å². The molecule has 5 nitrogen and oxygen atoms in total. The predicted octanol–water partition coefficient (Wildman–Crippen LogP) is 5.26. The molecule has 0 aromatic heterocycles. The van der Waals surface area contributed by atoms with Crippen LogP contribution in [0.4, 0.5) is 5.69 Å². The van der Waals surface area contributed by atoms with Crippen molar-refractivity contribution < 1.29 is 16.8 Å². The molecule has 0 heterocycles. The fourth-order valence-corrected chi connectivity index (χ4v) is 5.72. The molecule has 3 aromatic rings. The third-order valence-corrected chi connectivity index (χ3v) is 7.95.